The van der Waals surface area contributed by atoms with Gasteiger partial charge in [-0.15, -0.1) is 0 Å². The van der Waals surface area contributed by atoms with Crippen LogP contribution in [0.1, 0.15) is 21.6 Å². The summed E-state index contributed by atoms with van der Waals surface area (Å²) in [6.45, 7) is 0. The molecule has 0 bridgehead atoms. The summed E-state index contributed by atoms with van der Waals surface area (Å²) >= 11 is 0.762. The second-order valence-electron chi connectivity index (χ2n) is 6.61. The number of carbonyl (C=O) groups is 1. The lowest BCUT2D eigenvalue weighted by molar-refractivity contribution is -0.143. The van der Waals surface area contributed by atoms with Gasteiger partial charge in [-0.3, -0.25) is 10.1 Å². The SMILES string of the molecule is O=C(Nc1nc(-c2ccccc2)ns1)c1cnn(-c2cccc(C(F)(F)F)c2)c1C(F)(F)F. The molecule has 0 aliphatic rings. The number of amides is 1. The monoisotopic (exact) mass is 483 g/mol. The van der Waals surface area contributed by atoms with Gasteiger partial charge in [-0.05, 0) is 18.2 Å². The van der Waals surface area contributed by atoms with E-state index in [2.05, 4.69) is 19.8 Å². The van der Waals surface area contributed by atoms with Crippen molar-refractivity contribution in [3.63, 3.8) is 0 Å². The second kappa shape index (κ2) is 8.31. The maximum Gasteiger partial charge on any atom is 0.434 e. The number of hydrogen-bond acceptors (Lipinski definition) is 5. The Morgan fingerprint density at radius 2 is 1.67 bits per heavy atom. The number of hydrogen-bond donors (Lipinski definition) is 1. The first-order chi connectivity index (χ1) is 15.5. The van der Waals surface area contributed by atoms with E-state index < -0.39 is 40.8 Å². The lowest BCUT2D eigenvalue weighted by Crippen LogP contribution is -2.21. The van der Waals surface area contributed by atoms with Crippen molar-refractivity contribution < 1.29 is 31.1 Å². The van der Waals surface area contributed by atoms with Gasteiger partial charge in [0, 0.05) is 17.1 Å². The average molecular weight is 483 g/mol. The molecule has 0 aliphatic heterocycles. The molecule has 2 heterocycles. The molecular formula is C20H11F6N5OS. The van der Waals surface area contributed by atoms with Crippen LogP contribution in [0.25, 0.3) is 17.1 Å². The molecule has 33 heavy (non-hydrogen) atoms. The highest BCUT2D eigenvalue weighted by atomic mass is 32.1. The molecule has 170 valence electrons. The van der Waals surface area contributed by atoms with Gasteiger partial charge in [0.2, 0.25) is 5.13 Å². The number of nitrogens with one attached hydrogen (secondary N) is 1. The summed E-state index contributed by atoms with van der Waals surface area (Å²) in [4.78, 5) is 16.7. The van der Waals surface area contributed by atoms with Crippen LogP contribution >= 0.6 is 11.5 Å². The molecule has 0 saturated heterocycles. The molecule has 0 spiro atoms. The maximum atomic E-state index is 13.8. The van der Waals surface area contributed by atoms with Gasteiger partial charge in [-0.1, -0.05) is 36.4 Å². The largest absolute Gasteiger partial charge is 0.434 e. The van der Waals surface area contributed by atoms with E-state index in [0.717, 1.165) is 23.7 Å². The maximum absolute atomic E-state index is 13.8. The average Bonchev–Trinajstić information content (AvgIpc) is 3.41. The van der Waals surface area contributed by atoms with Crippen molar-refractivity contribution >= 4 is 22.6 Å². The van der Waals surface area contributed by atoms with E-state index in [1.54, 1.807) is 30.3 Å². The molecule has 1 amide bonds. The Hall–Kier alpha value is -3.74. The predicted octanol–water partition coefficient (Wildman–Crippen LogP) is 5.68. The molecule has 0 saturated carbocycles. The molecule has 0 fully saturated rings. The van der Waals surface area contributed by atoms with Gasteiger partial charge >= 0.3 is 12.4 Å². The summed E-state index contributed by atoms with van der Waals surface area (Å²) in [7, 11) is 0. The predicted molar refractivity (Wildman–Crippen MR) is 107 cm³/mol. The van der Waals surface area contributed by atoms with Crippen LogP contribution in [0.2, 0.25) is 0 Å². The normalized spacial score (nSPS) is 12.1. The van der Waals surface area contributed by atoms with Gasteiger partial charge in [0.1, 0.15) is 0 Å². The summed E-state index contributed by atoms with van der Waals surface area (Å²) in [5.41, 5.74) is -3.42. The second-order valence-corrected chi connectivity index (χ2v) is 7.36. The Morgan fingerprint density at radius 3 is 2.33 bits per heavy atom. The first-order valence-electron chi connectivity index (χ1n) is 9.07. The summed E-state index contributed by atoms with van der Waals surface area (Å²) in [6.07, 6.45) is -9.22. The van der Waals surface area contributed by atoms with Crippen LogP contribution in [0.15, 0.2) is 60.8 Å². The molecule has 13 heteroatoms. The fourth-order valence-electron chi connectivity index (χ4n) is 2.94. The zero-order valence-electron chi connectivity index (χ0n) is 16.1. The third-order valence-corrected chi connectivity index (χ3v) is 5.01. The van der Waals surface area contributed by atoms with Crippen LogP contribution in [-0.4, -0.2) is 25.0 Å². The van der Waals surface area contributed by atoms with Crippen molar-refractivity contribution in [2.45, 2.75) is 12.4 Å². The number of benzene rings is 2. The van der Waals surface area contributed by atoms with Gasteiger partial charge in [0.25, 0.3) is 5.91 Å². The number of anilines is 1. The highest BCUT2D eigenvalue weighted by Crippen LogP contribution is 2.36. The molecule has 1 N–H and O–H groups in total. The Balaban J connectivity index is 1.67. The number of nitrogens with zero attached hydrogens (tertiary/aromatic N) is 4. The number of alkyl halides is 6. The molecule has 4 rings (SSSR count). The minimum Gasteiger partial charge on any atom is -0.296 e. The Labute approximate surface area is 185 Å². The number of aromatic nitrogens is 4. The summed E-state index contributed by atoms with van der Waals surface area (Å²) < 4.78 is 84.7. The van der Waals surface area contributed by atoms with Gasteiger partial charge < -0.3 is 0 Å². The molecule has 0 atom stereocenters. The topological polar surface area (TPSA) is 72.7 Å². The molecule has 2 aromatic heterocycles. The zero-order chi connectivity index (χ0) is 23.8. The third-order valence-electron chi connectivity index (χ3n) is 4.38. The van der Waals surface area contributed by atoms with Gasteiger partial charge in [0.05, 0.1) is 23.0 Å². The first kappa shape index (κ1) is 22.5. The molecule has 4 aromatic rings. The standard InChI is InChI=1S/C20H11F6N5OS/c21-19(22,23)12-7-4-8-13(9-12)31-15(20(24,25)26)14(10-27-31)17(32)29-18-28-16(30-33-18)11-5-2-1-3-6-11/h1-10H,(H,28,29,30,32). The highest BCUT2D eigenvalue weighted by Gasteiger charge is 2.41. The van der Waals surface area contributed by atoms with Crippen molar-refractivity contribution in [3.8, 4) is 17.1 Å². The van der Waals surface area contributed by atoms with Crippen LogP contribution in [-0.2, 0) is 12.4 Å². The molecule has 0 unspecified atom stereocenters. The van der Waals surface area contributed by atoms with Gasteiger partial charge in [0.15, 0.2) is 11.5 Å². The van der Waals surface area contributed by atoms with E-state index in [-0.39, 0.29) is 15.6 Å². The summed E-state index contributed by atoms with van der Waals surface area (Å²) in [5.74, 6) is -0.914. The zero-order valence-corrected chi connectivity index (χ0v) is 17.0. The quantitative estimate of drug-likeness (QED) is 0.379. The molecule has 2 aromatic carbocycles. The number of rotatable bonds is 4. The van der Waals surface area contributed by atoms with Crippen LogP contribution in [0.5, 0.6) is 0 Å². The molecule has 0 aliphatic carbocycles. The van der Waals surface area contributed by atoms with Crippen molar-refractivity contribution in [2.24, 2.45) is 0 Å². The minimum absolute atomic E-state index is 0.0567. The van der Waals surface area contributed by atoms with E-state index in [4.69, 9.17) is 0 Å². The van der Waals surface area contributed by atoms with Crippen molar-refractivity contribution in [1.29, 1.82) is 0 Å². The lowest BCUT2D eigenvalue weighted by atomic mass is 10.1. The fraction of sp³-hybridized carbons (Fsp3) is 0.100. The Bertz CT molecular complexity index is 1300. The van der Waals surface area contributed by atoms with Gasteiger partial charge in [-0.2, -0.15) is 40.8 Å². The van der Waals surface area contributed by atoms with E-state index in [1.165, 1.54) is 0 Å². The minimum atomic E-state index is -5.09. The van der Waals surface area contributed by atoms with E-state index in [0.29, 0.717) is 23.9 Å². The van der Waals surface area contributed by atoms with Crippen LogP contribution in [0.4, 0.5) is 31.5 Å². The van der Waals surface area contributed by atoms with E-state index in [9.17, 15) is 31.1 Å². The first-order valence-corrected chi connectivity index (χ1v) is 9.85. The van der Waals surface area contributed by atoms with Crippen LogP contribution in [0.3, 0.4) is 0 Å². The van der Waals surface area contributed by atoms with Crippen LogP contribution < -0.4 is 5.32 Å². The van der Waals surface area contributed by atoms with Crippen LogP contribution in [0, 0.1) is 0 Å². The Morgan fingerprint density at radius 1 is 0.939 bits per heavy atom. The molecular weight excluding hydrogens is 472 g/mol. The van der Waals surface area contributed by atoms with E-state index in [1.807, 2.05) is 0 Å². The molecule has 0 radical (unpaired) electrons. The fourth-order valence-corrected chi connectivity index (χ4v) is 3.53. The third kappa shape index (κ3) is 4.72. The lowest BCUT2D eigenvalue weighted by Gasteiger charge is -2.14. The van der Waals surface area contributed by atoms with E-state index >= 15 is 0 Å². The summed E-state index contributed by atoms with van der Waals surface area (Å²) in [6, 6.07) is 11.9. The number of halogens is 6. The highest BCUT2D eigenvalue weighted by molar-refractivity contribution is 7.10. The smallest absolute Gasteiger partial charge is 0.296 e. The number of carbonyl (C=O) groups excluding carboxylic acids is 1. The van der Waals surface area contributed by atoms with Crippen molar-refractivity contribution in [1.82, 2.24) is 19.1 Å². The van der Waals surface area contributed by atoms with Crippen molar-refractivity contribution in [3.05, 3.63) is 77.6 Å². The Kier molecular flexibility index (Phi) is 5.66. The van der Waals surface area contributed by atoms with Crippen molar-refractivity contribution in [2.75, 3.05) is 5.32 Å². The molecule has 6 nitrogen and oxygen atoms in total. The van der Waals surface area contributed by atoms with Gasteiger partial charge in [-0.25, -0.2) is 4.68 Å². The summed E-state index contributed by atoms with van der Waals surface area (Å²) in [5, 5.41) is 5.70.